The molecule has 0 amide bonds. The zero-order valence-corrected chi connectivity index (χ0v) is 11.8. The summed E-state index contributed by atoms with van der Waals surface area (Å²) < 4.78 is 0. The second-order valence-corrected chi connectivity index (χ2v) is 5.33. The van der Waals surface area contributed by atoms with Crippen LogP contribution in [0.3, 0.4) is 0 Å². The molecule has 0 aromatic heterocycles. The SMILES string of the molecule is O=C1C(=O)c2c(cc3ccccc3c2[N+](=O)[O-])-c2ccccc21. The van der Waals surface area contributed by atoms with Crippen LogP contribution in [0.1, 0.15) is 20.7 Å². The van der Waals surface area contributed by atoms with E-state index in [9.17, 15) is 19.7 Å². The Labute approximate surface area is 130 Å². The Kier molecular flexibility index (Phi) is 2.65. The molecule has 5 heteroatoms. The molecule has 23 heavy (non-hydrogen) atoms. The number of fused-ring (bicyclic) bond motifs is 4. The monoisotopic (exact) mass is 303 g/mol. The van der Waals surface area contributed by atoms with Crippen LogP contribution in [0.5, 0.6) is 0 Å². The molecule has 5 nitrogen and oxygen atoms in total. The van der Waals surface area contributed by atoms with Crippen molar-refractivity contribution in [2.24, 2.45) is 0 Å². The van der Waals surface area contributed by atoms with E-state index >= 15 is 0 Å². The average molecular weight is 303 g/mol. The first-order valence-corrected chi connectivity index (χ1v) is 6.98. The molecule has 0 saturated heterocycles. The van der Waals surface area contributed by atoms with Gasteiger partial charge in [0.05, 0.1) is 10.3 Å². The molecule has 3 aromatic carbocycles. The molecule has 1 aliphatic rings. The maximum atomic E-state index is 12.5. The highest BCUT2D eigenvalue weighted by molar-refractivity contribution is 6.54. The summed E-state index contributed by atoms with van der Waals surface area (Å²) in [6.45, 7) is 0. The van der Waals surface area contributed by atoms with Crippen molar-refractivity contribution in [1.82, 2.24) is 0 Å². The second-order valence-electron chi connectivity index (χ2n) is 5.33. The number of rotatable bonds is 1. The van der Waals surface area contributed by atoms with Gasteiger partial charge >= 0.3 is 0 Å². The van der Waals surface area contributed by atoms with Gasteiger partial charge in [0.2, 0.25) is 11.6 Å². The van der Waals surface area contributed by atoms with E-state index in [0.29, 0.717) is 21.9 Å². The van der Waals surface area contributed by atoms with Crippen LogP contribution in [0, 0.1) is 10.1 Å². The Balaban J connectivity index is 2.24. The van der Waals surface area contributed by atoms with Crippen molar-refractivity contribution in [1.29, 1.82) is 0 Å². The lowest BCUT2D eigenvalue weighted by molar-refractivity contribution is -0.383. The highest BCUT2D eigenvalue weighted by atomic mass is 16.6. The molecule has 0 bridgehead atoms. The van der Waals surface area contributed by atoms with Crippen molar-refractivity contribution in [2.45, 2.75) is 0 Å². The lowest BCUT2D eigenvalue weighted by atomic mass is 9.81. The fraction of sp³-hybridized carbons (Fsp3) is 0. The number of carbonyl (C=O) groups is 2. The van der Waals surface area contributed by atoms with Crippen molar-refractivity contribution in [2.75, 3.05) is 0 Å². The third-order valence-electron chi connectivity index (χ3n) is 4.10. The summed E-state index contributed by atoms with van der Waals surface area (Å²) in [5, 5.41) is 12.6. The number of hydrogen-bond donors (Lipinski definition) is 0. The highest BCUT2D eigenvalue weighted by Crippen LogP contribution is 2.42. The number of Topliss-reactive ketones (excluding diaryl/α,β-unsaturated/α-hetero) is 2. The Morgan fingerprint density at radius 3 is 2.17 bits per heavy atom. The van der Waals surface area contributed by atoms with Crippen LogP contribution in [0.2, 0.25) is 0 Å². The van der Waals surface area contributed by atoms with Crippen molar-refractivity contribution in [3.8, 4) is 11.1 Å². The summed E-state index contributed by atoms with van der Waals surface area (Å²) in [6, 6.07) is 15.2. The van der Waals surface area contributed by atoms with Gasteiger partial charge in [0.25, 0.3) is 5.69 Å². The van der Waals surface area contributed by atoms with E-state index in [1.807, 2.05) is 0 Å². The van der Waals surface area contributed by atoms with E-state index < -0.39 is 16.5 Å². The fourth-order valence-electron chi connectivity index (χ4n) is 3.11. The summed E-state index contributed by atoms with van der Waals surface area (Å²) in [5.74, 6) is -1.53. The van der Waals surface area contributed by atoms with Gasteiger partial charge in [-0.15, -0.1) is 0 Å². The molecule has 1 aliphatic carbocycles. The van der Waals surface area contributed by atoms with Gasteiger partial charge in [-0.25, -0.2) is 0 Å². The molecule has 4 rings (SSSR count). The highest BCUT2D eigenvalue weighted by Gasteiger charge is 2.37. The summed E-state index contributed by atoms with van der Waals surface area (Å²) >= 11 is 0. The number of benzene rings is 3. The van der Waals surface area contributed by atoms with Gasteiger partial charge < -0.3 is 0 Å². The number of ketones is 2. The molecule has 110 valence electrons. The lowest BCUT2D eigenvalue weighted by Crippen LogP contribution is -2.22. The molecule has 0 radical (unpaired) electrons. The number of hydrogen-bond acceptors (Lipinski definition) is 4. The molecule has 0 fully saturated rings. The van der Waals surface area contributed by atoms with Gasteiger partial charge in [-0.3, -0.25) is 19.7 Å². The minimum atomic E-state index is -0.823. The van der Waals surface area contributed by atoms with E-state index in [-0.39, 0.29) is 16.8 Å². The molecule has 0 atom stereocenters. The molecule has 0 heterocycles. The van der Waals surface area contributed by atoms with Crippen LogP contribution in [0.15, 0.2) is 54.6 Å². The Hall–Kier alpha value is -3.34. The zero-order chi connectivity index (χ0) is 16.1. The molecular weight excluding hydrogens is 294 g/mol. The third-order valence-corrected chi connectivity index (χ3v) is 4.10. The third kappa shape index (κ3) is 1.73. The van der Waals surface area contributed by atoms with E-state index in [4.69, 9.17) is 0 Å². The smallest absolute Gasteiger partial charge is 0.285 e. The Morgan fingerprint density at radius 1 is 0.783 bits per heavy atom. The van der Waals surface area contributed by atoms with Crippen molar-refractivity contribution in [3.63, 3.8) is 0 Å². The minimum absolute atomic E-state index is 0.114. The van der Waals surface area contributed by atoms with Gasteiger partial charge in [0.15, 0.2) is 0 Å². The van der Waals surface area contributed by atoms with Crippen molar-refractivity contribution >= 4 is 28.0 Å². The number of nitro benzene ring substituents is 1. The first-order valence-electron chi connectivity index (χ1n) is 6.98. The fourth-order valence-corrected chi connectivity index (χ4v) is 3.11. The zero-order valence-electron chi connectivity index (χ0n) is 11.8. The van der Waals surface area contributed by atoms with Gasteiger partial charge in [0, 0.05) is 11.1 Å². The Bertz CT molecular complexity index is 1040. The van der Waals surface area contributed by atoms with Crippen LogP contribution in [-0.2, 0) is 0 Å². The Morgan fingerprint density at radius 2 is 1.43 bits per heavy atom. The van der Waals surface area contributed by atoms with Crippen molar-refractivity contribution in [3.05, 3.63) is 75.8 Å². The van der Waals surface area contributed by atoms with Gasteiger partial charge in [-0.05, 0) is 23.1 Å². The lowest BCUT2D eigenvalue weighted by Gasteiger charge is -2.18. The van der Waals surface area contributed by atoms with E-state index in [0.717, 1.165) is 0 Å². The average Bonchev–Trinajstić information content (AvgIpc) is 2.57. The largest absolute Gasteiger partial charge is 0.289 e. The molecular formula is C18H9NO4. The number of nitrogens with zero attached hydrogens (tertiary/aromatic N) is 1. The quantitative estimate of drug-likeness (QED) is 0.389. The van der Waals surface area contributed by atoms with Crippen LogP contribution >= 0.6 is 0 Å². The van der Waals surface area contributed by atoms with Crippen LogP contribution in [0.25, 0.3) is 21.9 Å². The predicted octanol–water partition coefficient (Wildman–Crippen LogP) is 3.79. The van der Waals surface area contributed by atoms with Gasteiger partial charge in [-0.1, -0.05) is 42.5 Å². The molecule has 3 aromatic rings. The van der Waals surface area contributed by atoms with Gasteiger partial charge in [-0.2, -0.15) is 0 Å². The number of nitro groups is 1. The summed E-state index contributed by atoms with van der Waals surface area (Å²) in [7, 11) is 0. The van der Waals surface area contributed by atoms with E-state index in [1.54, 1.807) is 54.6 Å². The molecule has 0 aliphatic heterocycles. The normalized spacial score (nSPS) is 12.9. The first-order chi connectivity index (χ1) is 11.1. The number of carbonyl (C=O) groups excluding carboxylic acids is 2. The van der Waals surface area contributed by atoms with Gasteiger partial charge in [0.1, 0.15) is 5.56 Å². The predicted molar refractivity (Wildman–Crippen MR) is 84.7 cm³/mol. The molecule has 0 spiro atoms. The molecule has 0 saturated carbocycles. The summed E-state index contributed by atoms with van der Waals surface area (Å²) in [6.07, 6.45) is 0. The first kappa shape index (κ1) is 13.3. The summed E-state index contributed by atoms with van der Waals surface area (Å²) in [5.41, 5.74) is 0.870. The maximum Gasteiger partial charge on any atom is 0.289 e. The summed E-state index contributed by atoms with van der Waals surface area (Å²) in [4.78, 5) is 35.8. The van der Waals surface area contributed by atoms with E-state index in [1.165, 1.54) is 0 Å². The van der Waals surface area contributed by atoms with Crippen molar-refractivity contribution < 1.29 is 14.5 Å². The van der Waals surface area contributed by atoms with E-state index in [2.05, 4.69) is 0 Å². The maximum absolute atomic E-state index is 12.5. The standard InChI is InChI=1S/C18H9NO4/c20-17-13-8-4-3-7-12(13)14-9-10-5-1-2-6-11(10)16(19(22)23)15(14)18(17)21/h1-9H. The molecule has 0 unspecified atom stereocenters. The van der Waals surface area contributed by atoms with Crippen LogP contribution < -0.4 is 0 Å². The topological polar surface area (TPSA) is 77.3 Å². The molecule has 0 N–H and O–H groups in total. The second kappa shape index (κ2) is 4.58. The van der Waals surface area contributed by atoms with Crippen LogP contribution in [0.4, 0.5) is 5.69 Å². The van der Waals surface area contributed by atoms with Crippen LogP contribution in [-0.4, -0.2) is 16.5 Å². The minimum Gasteiger partial charge on any atom is -0.285 e.